The van der Waals surface area contributed by atoms with E-state index in [9.17, 15) is 4.79 Å². The summed E-state index contributed by atoms with van der Waals surface area (Å²) in [5.74, 6) is 1.23. The minimum absolute atomic E-state index is 0.301. The lowest BCUT2D eigenvalue weighted by Crippen LogP contribution is -2.42. The van der Waals surface area contributed by atoms with Gasteiger partial charge in [-0.2, -0.15) is 0 Å². The summed E-state index contributed by atoms with van der Waals surface area (Å²) in [6, 6.07) is 20.8. The van der Waals surface area contributed by atoms with Crippen LogP contribution >= 0.6 is 23.4 Å². The number of amides is 1. The van der Waals surface area contributed by atoms with Crippen molar-refractivity contribution >= 4 is 40.4 Å². The van der Waals surface area contributed by atoms with Gasteiger partial charge in [0.2, 0.25) is 0 Å². The molecule has 7 heteroatoms. The molecule has 5 rings (SSSR count). The highest BCUT2D eigenvalue weighted by molar-refractivity contribution is 7.98. The van der Waals surface area contributed by atoms with E-state index in [1.54, 1.807) is 48.0 Å². The first-order valence-electron chi connectivity index (χ1n) is 10.6. The van der Waals surface area contributed by atoms with Crippen LogP contribution in [0.2, 0.25) is 5.02 Å². The number of nitrogens with one attached hydrogen (secondary N) is 1. The van der Waals surface area contributed by atoms with Crippen LogP contribution in [0.5, 0.6) is 11.5 Å². The van der Waals surface area contributed by atoms with Crippen LogP contribution in [0.4, 0.5) is 4.79 Å². The molecule has 0 bridgehead atoms. The number of nitrogens with zero attached hydrogens (tertiary/aromatic N) is 1. The molecule has 1 aliphatic rings. The summed E-state index contributed by atoms with van der Waals surface area (Å²) in [5.41, 5.74) is 4.33. The molecule has 3 aromatic carbocycles. The highest BCUT2D eigenvalue weighted by Gasteiger charge is 2.35. The van der Waals surface area contributed by atoms with Gasteiger partial charge in [0, 0.05) is 33.1 Å². The van der Waals surface area contributed by atoms with Crippen molar-refractivity contribution in [1.29, 1.82) is 0 Å². The maximum absolute atomic E-state index is 13.3. The minimum Gasteiger partial charge on any atom is -0.497 e. The van der Waals surface area contributed by atoms with Crippen LogP contribution in [-0.4, -0.2) is 35.9 Å². The molecule has 2 heterocycles. The number of benzene rings is 3. The third kappa shape index (κ3) is 4.16. The smallest absolute Gasteiger partial charge is 0.416 e. The second-order valence-corrected chi connectivity index (χ2v) is 9.19. The van der Waals surface area contributed by atoms with Crippen molar-refractivity contribution in [2.24, 2.45) is 0 Å². The van der Waals surface area contributed by atoms with Gasteiger partial charge in [0.1, 0.15) is 17.5 Å². The van der Waals surface area contributed by atoms with Gasteiger partial charge in [0.15, 0.2) is 0 Å². The van der Waals surface area contributed by atoms with Gasteiger partial charge >= 0.3 is 6.09 Å². The number of hydrogen-bond donors (Lipinski definition) is 1. The first-order chi connectivity index (χ1) is 16.1. The lowest BCUT2D eigenvalue weighted by molar-refractivity contribution is 0.135. The predicted molar refractivity (Wildman–Crippen MR) is 133 cm³/mol. The number of carbonyl (C=O) groups is 1. The van der Waals surface area contributed by atoms with Gasteiger partial charge in [-0.3, -0.25) is 4.90 Å². The van der Waals surface area contributed by atoms with Crippen LogP contribution in [0.1, 0.15) is 22.9 Å². The number of aromatic amines is 1. The number of methoxy groups -OCH3 is 1. The number of rotatable bonds is 4. The topological polar surface area (TPSA) is 54.6 Å². The average molecular weight is 479 g/mol. The van der Waals surface area contributed by atoms with Crippen molar-refractivity contribution in [1.82, 2.24) is 9.88 Å². The molecule has 5 nitrogen and oxygen atoms in total. The Morgan fingerprint density at radius 3 is 2.48 bits per heavy atom. The Kier molecular flexibility index (Phi) is 5.96. The zero-order valence-corrected chi connectivity index (χ0v) is 19.9. The average Bonchev–Trinajstić information content (AvgIpc) is 3.22. The van der Waals surface area contributed by atoms with Crippen LogP contribution in [-0.2, 0) is 6.42 Å². The van der Waals surface area contributed by atoms with Crippen molar-refractivity contribution in [3.63, 3.8) is 0 Å². The predicted octanol–water partition coefficient (Wildman–Crippen LogP) is 6.70. The second-order valence-electron chi connectivity index (χ2n) is 7.87. The van der Waals surface area contributed by atoms with Crippen LogP contribution in [0.3, 0.4) is 0 Å². The van der Waals surface area contributed by atoms with Gasteiger partial charge in [0.05, 0.1) is 7.11 Å². The summed E-state index contributed by atoms with van der Waals surface area (Å²) >= 11 is 7.70. The molecule has 0 saturated heterocycles. The van der Waals surface area contributed by atoms with E-state index in [0.717, 1.165) is 28.9 Å². The van der Waals surface area contributed by atoms with Crippen LogP contribution in [0.25, 0.3) is 10.9 Å². The fourth-order valence-electron chi connectivity index (χ4n) is 4.39. The number of thioether (sulfide) groups is 1. The number of H-pyrrole nitrogens is 1. The Morgan fingerprint density at radius 1 is 1.06 bits per heavy atom. The fraction of sp³-hybridized carbons (Fsp3) is 0.192. The standard InChI is InChI=1S/C26H23ClN2O3S/c1-31-18-7-3-16(4-8-18)25-24-21(22-15-20(33-2)11-12-23(22)28-24)13-14-29(25)26(30)32-19-9-5-17(27)6-10-19/h3-12,15,25,28H,13-14H2,1-2H3. The molecule has 0 fully saturated rings. The Bertz CT molecular complexity index is 1300. The van der Waals surface area contributed by atoms with Crippen molar-refractivity contribution in [2.45, 2.75) is 17.4 Å². The maximum atomic E-state index is 13.3. The molecule has 1 amide bonds. The lowest BCUT2D eigenvalue weighted by Gasteiger charge is -2.35. The third-order valence-electron chi connectivity index (χ3n) is 6.02. The number of hydrogen-bond acceptors (Lipinski definition) is 4. The molecule has 1 aliphatic heterocycles. The van der Waals surface area contributed by atoms with E-state index >= 15 is 0 Å². The summed E-state index contributed by atoms with van der Waals surface area (Å²) in [6.07, 6.45) is 2.43. The van der Waals surface area contributed by atoms with Gasteiger partial charge < -0.3 is 14.5 Å². The summed E-state index contributed by atoms with van der Waals surface area (Å²) in [4.78, 5) is 19.9. The monoisotopic (exact) mass is 478 g/mol. The summed E-state index contributed by atoms with van der Waals surface area (Å²) in [5, 5.41) is 1.80. The molecule has 0 spiro atoms. The van der Waals surface area contributed by atoms with Gasteiger partial charge in [-0.25, -0.2) is 4.79 Å². The third-order valence-corrected chi connectivity index (χ3v) is 7.00. The van der Waals surface area contributed by atoms with Crippen molar-refractivity contribution in [2.75, 3.05) is 19.9 Å². The summed E-state index contributed by atoms with van der Waals surface area (Å²) in [7, 11) is 1.64. The summed E-state index contributed by atoms with van der Waals surface area (Å²) in [6.45, 7) is 0.548. The van der Waals surface area contributed by atoms with E-state index in [0.29, 0.717) is 17.3 Å². The van der Waals surface area contributed by atoms with Crippen molar-refractivity contribution < 1.29 is 14.3 Å². The minimum atomic E-state index is -0.396. The number of aromatic nitrogens is 1. The first kappa shape index (κ1) is 21.7. The molecule has 33 heavy (non-hydrogen) atoms. The Labute approximate surface area is 201 Å². The van der Waals surface area contributed by atoms with Crippen LogP contribution in [0.15, 0.2) is 71.6 Å². The molecule has 168 valence electrons. The fourth-order valence-corrected chi connectivity index (χ4v) is 4.95. The van der Waals surface area contributed by atoms with E-state index in [1.165, 1.54) is 15.8 Å². The highest BCUT2D eigenvalue weighted by Crippen LogP contribution is 2.40. The Morgan fingerprint density at radius 2 is 1.79 bits per heavy atom. The van der Waals surface area contributed by atoms with Gasteiger partial charge in [0.25, 0.3) is 0 Å². The molecular formula is C26H23ClN2O3S. The van der Waals surface area contributed by atoms with E-state index in [2.05, 4.69) is 29.4 Å². The zero-order valence-electron chi connectivity index (χ0n) is 18.3. The lowest BCUT2D eigenvalue weighted by atomic mass is 9.92. The van der Waals surface area contributed by atoms with E-state index < -0.39 is 6.09 Å². The van der Waals surface area contributed by atoms with Crippen LogP contribution < -0.4 is 9.47 Å². The number of halogens is 1. The second kappa shape index (κ2) is 9.04. The van der Waals surface area contributed by atoms with E-state index in [4.69, 9.17) is 21.1 Å². The van der Waals surface area contributed by atoms with Gasteiger partial charge in [-0.05, 0) is 78.4 Å². The molecule has 1 aromatic heterocycles. The molecule has 0 saturated carbocycles. The van der Waals surface area contributed by atoms with E-state index in [1.807, 2.05) is 24.3 Å². The molecule has 1 atom stereocenters. The molecule has 0 aliphatic carbocycles. The maximum Gasteiger partial charge on any atom is 0.416 e. The molecule has 4 aromatic rings. The molecule has 1 N–H and O–H groups in total. The molecule has 1 unspecified atom stereocenters. The molecular weight excluding hydrogens is 456 g/mol. The Balaban J connectivity index is 1.57. The van der Waals surface area contributed by atoms with E-state index in [-0.39, 0.29) is 6.04 Å². The van der Waals surface area contributed by atoms with Crippen LogP contribution in [0, 0.1) is 0 Å². The quantitative estimate of drug-likeness (QED) is 0.332. The number of ether oxygens (including phenoxy) is 2. The Hall–Kier alpha value is -3.09. The molecule has 0 radical (unpaired) electrons. The first-order valence-corrected chi connectivity index (χ1v) is 12.2. The summed E-state index contributed by atoms with van der Waals surface area (Å²) < 4.78 is 11.1. The van der Waals surface area contributed by atoms with Gasteiger partial charge in [-0.1, -0.05) is 23.7 Å². The number of fused-ring (bicyclic) bond motifs is 3. The van der Waals surface area contributed by atoms with Crippen molar-refractivity contribution in [3.8, 4) is 11.5 Å². The zero-order chi connectivity index (χ0) is 22.9. The van der Waals surface area contributed by atoms with Gasteiger partial charge in [-0.15, -0.1) is 11.8 Å². The normalized spacial score (nSPS) is 15.4. The van der Waals surface area contributed by atoms with Crippen molar-refractivity contribution in [3.05, 3.63) is 88.6 Å². The largest absolute Gasteiger partial charge is 0.497 e. The highest BCUT2D eigenvalue weighted by atomic mass is 35.5. The SMILES string of the molecule is COc1ccc(C2c3[nH]c4ccc(SC)cc4c3CCN2C(=O)Oc2ccc(Cl)cc2)cc1. The number of carbonyl (C=O) groups excluding carboxylic acids is 1.